The van der Waals surface area contributed by atoms with E-state index in [-0.39, 0.29) is 12.4 Å². The number of benzene rings is 1. The number of aliphatic carboxylic acids is 1. The van der Waals surface area contributed by atoms with Crippen molar-refractivity contribution in [2.45, 2.75) is 31.3 Å². The summed E-state index contributed by atoms with van der Waals surface area (Å²) < 4.78 is 9.54. The lowest BCUT2D eigenvalue weighted by atomic mass is 9.72. The molecule has 0 amide bonds. The lowest BCUT2D eigenvalue weighted by Crippen LogP contribution is -2.47. The van der Waals surface area contributed by atoms with E-state index in [1.165, 1.54) is 0 Å². The smallest absolute Gasteiger partial charge is 0.478 e. The zero-order valence-electron chi connectivity index (χ0n) is 13.5. The molecule has 128 valence electrons. The van der Waals surface area contributed by atoms with Crippen LogP contribution in [0.5, 0.6) is 0 Å². The third-order valence-electron chi connectivity index (χ3n) is 3.00. The van der Waals surface area contributed by atoms with Crippen molar-refractivity contribution in [1.82, 2.24) is 0 Å². The summed E-state index contributed by atoms with van der Waals surface area (Å²) in [5, 5.41) is 21.7. The number of methoxy groups -OCH3 is 1. The van der Waals surface area contributed by atoms with Gasteiger partial charge in [-0.2, -0.15) is 0 Å². The molecule has 1 heterocycles. The number of hydrogen-bond acceptors (Lipinski definition) is 6. The number of ether oxygens (including phenoxy) is 1. The number of rotatable bonds is 4. The van der Waals surface area contributed by atoms with Crippen molar-refractivity contribution in [3.8, 4) is 0 Å². The SMILES string of the molecule is C=O.COC.O=C(O)CC1CCC(Nc2ccccc2)B(O)O1. The van der Waals surface area contributed by atoms with Gasteiger partial charge in [0.1, 0.15) is 6.79 Å². The Labute approximate surface area is 136 Å². The van der Waals surface area contributed by atoms with E-state index in [1.807, 2.05) is 37.1 Å². The van der Waals surface area contributed by atoms with Gasteiger partial charge in [0, 0.05) is 19.9 Å². The Morgan fingerprint density at radius 3 is 2.39 bits per heavy atom. The van der Waals surface area contributed by atoms with E-state index in [4.69, 9.17) is 14.6 Å². The Balaban J connectivity index is 0.000000868. The topological polar surface area (TPSA) is 105 Å². The second-order valence-electron chi connectivity index (χ2n) is 4.85. The van der Waals surface area contributed by atoms with Crippen LogP contribution in [0.2, 0.25) is 0 Å². The van der Waals surface area contributed by atoms with Crippen LogP contribution in [-0.2, 0) is 19.0 Å². The fraction of sp³-hybridized carbons (Fsp3) is 0.467. The minimum Gasteiger partial charge on any atom is -0.481 e. The van der Waals surface area contributed by atoms with Crippen LogP contribution in [0.25, 0.3) is 0 Å². The van der Waals surface area contributed by atoms with E-state index in [9.17, 15) is 9.82 Å². The number of carboxylic acid groups (broad SMARTS) is 1. The van der Waals surface area contributed by atoms with Gasteiger partial charge in [-0.3, -0.25) is 4.79 Å². The van der Waals surface area contributed by atoms with Crippen molar-refractivity contribution in [1.29, 1.82) is 0 Å². The number of anilines is 1. The van der Waals surface area contributed by atoms with Gasteiger partial charge in [0.2, 0.25) is 0 Å². The molecule has 1 fully saturated rings. The molecule has 0 saturated carbocycles. The van der Waals surface area contributed by atoms with Crippen LogP contribution in [0.3, 0.4) is 0 Å². The molecule has 2 unspecified atom stereocenters. The van der Waals surface area contributed by atoms with Gasteiger partial charge in [-0.05, 0) is 25.0 Å². The van der Waals surface area contributed by atoms with E-state index >= 15 is 0 Å². The van der Waals surface area contributed by atoms with E-state index in [1.54, 1.807) is 14.2 Å². The standard InChI is InChI=1S/C12H16BNO4.C2H6O.CH2O/c15-12(16)8-10-6-7-11(13(17)18-10)14-9-4-2-1-3-5-9;1-3-2;1-2/h1-5,10-11,14,17H,6-8H2,(H,15,16);1-2H3;1H2. The van der Waals surface area contributed by atoms with Gasteiger partial charge in [-0.15, -0.1) is 0 Å². The molecule has 0 aliphatic carbocycles. The van der Waals surface area contributed by atoms with Crippen LogP contribution in [0, 0.1) is 0 Å². The predicted molar refractivity (Wildman–Crippen MR) is 88.2 cm³/mol. The minimum absolute atomic E-state index is 0.0604. The van der Waals surface area contributed by atoms with Gasteiger partial charge in [-0.25, -0.2) is 0 Å². The fourth-order valence-electron chi connectivity index (χ4n) is 2.10. The molecule has 2 rings (SSSR count). The minimum atomic E-state index is -0.969. The number of carbonyl (C=O) groups excluding carboxylic acids is 1. The van der Waals surface area contributed by atoms with Crippen molar-refractivity contribution >= 4 is 25.6 Å². The summed E-state index contributed by atoms with van der Waals surface area (Å²) in [6.45, 7) is 2.00. The maximum atomic E-state index is 10.6. The molecule has 3 N–H and O–H groups in total. The van der Waals surface area contributed by atoms with Crippen LogP contribution >= 0.6 is 0 Å². The first-order chi connectivity index (χ1) is 11.1. The Kier molecular flexibility index (Phi) is 11.6. The summed E-state index contributed by atoms with van der Waals surface area (Å²) in [4.78, 5) is 18.6. The number of carboxylic acids is 1. The molecule has 2 atom stereocenters. The highest BCUT2D eigenvalue weighted by molar-refractivity contribution is 6.46. The average molecular weight is 325 g/mol. The summed E-state index contributed by atoms with van der Waals surface area (Å²) in [6, 6.07) is 9.56. The molecule has 0 radical (unpaired) electrons. The van der Waals surface area contributed by atoms with E-state index in [0.717, 1.165) is 5.69 Å². The summed E-state index contributed by atoms with van der Waals surface area (Å²) in [6.07, 6.45) is 0.864. The summed E-state index contributed by atoms with van der Waals surface area (Å²) in [7, 11) is 2.28. The molecular weight excluding hydrogens is 301 g/mol. The maximum Gasteiger partial charge on any atom is 0.478 e. The Bertz CT molecular complexity index is 433. The van der Waals surface area contributed by atoms with Crippen molar-refractivity contribution < 1.29 is 29.1 Å². The van der Waals surface area contributed by atoms with E-state index in [2.05, 4.69) is 10.1 Å². The van der Waals surface area contributed by atoms with Gasteiger partial charge in [0.15, 0.2) is 0 Å². The lowest BCUT2D eigenvalue weighted by Gasteiger charge is -2.31. The molecule has 1 aliphatic heterocycles. The van der Waals surface area contributed by atoms with Crippen LogP contribution in [0.1, 0.15) is 19.3 Å². The highest BCUT2D eigenvalue weighted by Crippen LogP contribution is 2.21. The van der Waals surface area contributed by atoms with Crippen LogP contribution < -0.4 is 5.32 Å². The molecule has 8 heteroatoms. The monoisotopic (exact) mass is 325 g/mol. The molecule has 0 bridgehead atoms. The van der Waals surface area contributed by atoms with Crippen LogP contribution in [0.15, 0.2) is 30.3 Å². The molecule has 7 nitrogen and oxygen atoms in total. The molecule has 1 aromatic carbocycles. The van der Waals surface area contributed by atoms with Crippen LogP contribution in [-0.4, -0.2) is 56.3 Å². The third-order valence-corrected chi connectivity index (χ3v) is 3.00. The first-order valence-corrected chi connectivity index (χ1v) is 7.12. The Morgan fingerprint density at radius 2 is 1.91 bits per heavy atom. The first-order valence-electron chi connectivity index (χ1n) is 7.12. The van der Waals surface area contributed by atoms with Crippen molar-refractivity contribution in [2.24, 2.45) is 0 Å². The number of para-hydroxylation sites is 1. The first kappa shape index (κ1) is 21.1. The summed E-state index contributed by atoms with van der Waals surface area (Å²) in [5.41, 5.74) is 0.918. The normalized spacial score (nSPS) is 19.5. The molecule has 1 aromatic rings. The second-order valence-corrected chi connectivity index (χ2v) is 4.85. The zero-order valence-corrected chi connectivity index (χ0v) is 13.5. The maximum absolute atomic E-state index is 10.6. The molecular formula is C15H24BNO6. The van der Waals surface area contributed by atoms with Gasteiger partial charge < -0.3 is 29.6 Å². The number of hydrogen-bond donors (Lipinski definition) is 3. The summed E-state index contributed by atoms with van der Waals surface area (Å²) in [5.74, 6) is -1.10. The van der Waals surface area contributed by atoms with Gasteiger partial charge in [0.05, 0.1) is 18.5 Å². The summed E-state index contributed by atoms with van der Waals surface area (Å²) >= 11 is 0. The average Bonchev–Trinajstić information content (AvgIpc) is 2.53. The lowest BCUT2D eigenvalue weighted by molar-refractivity contribution is -0.139. The number of nitrogens with one attached hydrogen (secondary N) is 1. The third kappa shape index (κ3) is 8.97. The quantitative estimate of drug-likeness (QED) is 0.715. The van der Waals surface area contributed by atoms with Crippen molar-refractivity contribution in [3.63, 3.8) is 0 Å². The zero-order chi connectivity index (χ0) is 17.7. The molecule has 0 spiro atoms. The Morgan fingerprint density at radius 1 is 1.35 bits per heavy atom. The highest BCUT2D eigenvalue weighted by Gasteiger charge is 2.35. The largest absolute Gasteiger partial charge is 0.481 e. The fourth-order valence-corrected chi connectivity index (χ4v) is 2.10. The molecule has 1 aliphatic rings. The second kappa shape index (κ2) is 12.6. The molecule has 1 saturated heterocycles. The van der Waals surface area contributed by atoms with Crippen LogP contribution in [0.4, 0.5) is 5.69 Å². The molecule has 23 heavy (non-hydrogen) atoms. The molecule has 0 aromatic heterocycles. The van der Waals surface area contributed by atoms with Crippen molar-refractivity contribution in [3.05, 3.63) is 30.3 Å². The van der Waals surface area contributed by atoms with E-state index < -0.39 is 19.2 Å². The van der Waals surface area contributed by atoms with E-state index in [0.29, 0.717) is 12.8 Å². The van der Waals surface area contributed by atoms with Gasteiger partial charge >= 0.3 is 13.1 Å². The predicted octanol–water partition coefficient (Wildman–Crippen LogP) is 1.22. The van der Waals surface area contributed by atoms with Gasteiger partial charge in [0.25, 0.3) is 0 Å². The number of carbonyl (C=O) groups is 2. The van der Waals surface area contributed by atoms with Gasteiger partial charge in [-0.1, -0.05) is 18.2 Å². The highest BCUT2D eigenvalue weighted by atomic mass is 16.5. The van der Waals surface area contributed by atoms with Crippen molar-refractivity contribution in [2.75, 3.05) is 19.5 Å². The Hall–Kier alpha value is -1.90.